The van der Waals surface area contributed by atoms with E-state index in [-0.39, 0.29) is 18.2 Å². The number of carbonyl (C=O) groups is 2. The molecule has 0 radical (unpaired) electrons. The number of hydrogen-bond donors (Lipinski definition) is 1. The second-order valence-corrected chi connectivity index (χ2v) is 9.18. The van der Waals surface area contributed by atoms with E-state index in [1.807, 2.05) is 80.6 Å². The van der Waals surface area contributed by atoms with Gasteiger partial charge in [-0.15, -0.1) is 0 Å². The van der Waals surface area contributed by atoms with Gasteiger partial charge in [-0.25, -0.2) is 0 Å². The fraction of sp³-hybridized carbons (Fsp3) is 0.310. The van der Waals surface area contributed by atoms with Crippen molar-refractivity contribution in [3.8, 4) is 0 Å². The second-order valence-electron chi connectivity index (χ2n) is 8.74. The van der Waals surface area contributed by atoms with E-state index in [2.05, 4.69) is 18.3 Å². The van der Waals surface area contributed by atoms with Crippen molar-refractivity contribution < 1.29 is 9.59 Å². The Balaban J connectivity index is 1.95. The average Bonchev–Trinajstić information content (AvgIpc) is 2.84. The molecule has 2 amide bonds. The van der Waals surface area contributed by atoms with Gasteiger partial charge in [-0.3, -0.25) is 9.59 Å². The quantitative estimate of drug-likeness (QED) is 0.410. The first-order valence-electron chi connectivity index (χ1n) is 11.8. The van der Waals surface area contributed by atoms with Gasteiger partial charge >= 0.3 is 0 Å². The maximum Gasteiger partial charge on any atom is 0.243 e. The number of nitrogens with one attached hydrogen (secondary N) is 1. The molecule has 178 valence electrons. The number of hydrogen-bond acceptors (Lipinski definition) is 2. The SMILES string of the molecule is CCCNC(=O)C(Cc1ccccc1)N(Cc1ccc(Cl)cc1)C(=O)Cc1ccc(C)c(C)c1. The first-order chi connectivity index (χ1) is 16.4. The lowest BCUT2D eigenvalue weighted by molar-refractivity contribution is -0.140. The molecule has 5 heteroatoms. The minimum atomic E-state index is -0.622. The van der Waals surface area contributed by atoms with E-state index in [1.165, 1.54) is 5.56 Å². The molecule has 0 aliphatic rings. The lowest BCUT2D eigenvalue weighted by atomic mass is 10.00. The summed E-state index contributed by atoms with van der Waals surface area (Å²) in [7, 11) is 0. The molecule has 0 bridgehead atoms. The van der Waals surface area contributed by atoms with Gasteiger partial charge in [-0.05, 0) is 60.2 Å². The third kappa shape index (κ3) is 7.19. The van der Waals surface area contributed by atoms with Gasteiger partial charge in [-0.1, -0.05) is 79.2 Å². The van der Waals surface area contributed by atoms with Crippen molar-refractivity contribution >= 4 is 23.4 Å². The van der Waals surface area contributed by atoms with E-state index >= 15 is 0 Å². The monoisotopic (exact) mass is 476 g/mol. The molecule has 0 aromatic heterocycles. The smallest absolute Gasteiger partial charge is 0.243 e. The molecule has 1 unspecified atom stereocenters. The van der Waals surface area contributed by atoms with Crippen LogP contribution in [0.1, 0.15) is 41.2 Å². The minimum Gasteiger partial charge on any atom is -0.354 e. The van der Waals surface area contributed by atoms with Gasteiger partial charge in [0.25, 0.3) is 0 Å². The fourth-order valence-corrected chi connectivity index (χ4v) is 4.02. The molecule has 1 atom stereocenters. The molecule has 3 rings (SSSR count). The summed E-state index contributed by atoms with van der Waals surface area (Å²) in [6.07, 6.45) is 1.52. The molecule has 0 spiro atoms. The summed E-state index contributed by atoms with van der Waals surface area (Å²) in [4.78, 5) is 28.8. The van der Waals surface area contributed by atoms with Crippen LogP contribution in [-0.4, -0.2) is 29.3 Å². The Morgan fingerprint density at radius 3 is 2.21 bits per heavy atom. The summed E-state index contributed by atoms with van der Waals surface area (Å²) in [6, 6.07) is 22.7. The van der Waals surface area contributed by atoms with Gasteiger partial charge in [0, 0.05) is 24.5 Å². The zero-order chi connectivity index (χ0) is 24.5. The van der Waals surface area contributed by atoms with Crippen LogP contribution < -0.4 is 5.32 Å². The third-order valence-electron chi connectivity index (χ3n) is 6.01. The Morgan fingerprint density at radius 1 is 0.882 bits per heavy atom. The van der Waals surface area contributed by atoms with E-state index in [0.29, 0.717) is 24.5 Å². The van der Waals surface area contributed by atoms with E-state index in [0.717, 1.165) is 28.7 Å². The van der Waals surface area contributed by atoms with Crippen LogP contribution in [0.4, 0.5) is 0 Å². The van der Waals surface area contributed by atoms with Crippen molar-refractivity contribution in [2.75, 3.05) is 6.54 Å². The van der Waals surface area contributed by atoms with Crippen LogP contribution in [-0.2, 0) is 29.0 Å². The number of benzene rings is 3. The second kappa shape index (κ2) is 12.4. The Morgan fingerprint density at radius 2 is 1.56 bits per heavy atom. The summed E-state index contributed by atoms with van der Waals surface area (Å²) < 4.78 is 0. The molecule has 1 N–H and O–H groups in total. The van der Waals surface area contributed by atoms with Crippen molar-refractivity contribution in [3.63, 3.8) is 0 Å². The lowest BCUT2D eigenvalue weighted by Crippen LogP contribution is -2.51. The van der Waals surface area contributed by atoms with Gasteiger partial charge in [0.15, 0.2) is 0 Å². The predicted molar refractivity (Wildman–Crippen MR) is 139 cm³/mol. The van der Waals surface area contributed by atoms with Gasteiger partial charge in [0.1, 0.15) is 6.04 Å². The number of rotatable bonds is 10. The van der Waals surface area contributed by atoms with Gasteiger partial charge in [-0.2, -0.15) is 0 Å². The summed E-state index contributed by atoms with van der Waals surface area (Å²) in [5.41, 5.74) is 5.23. The first kappa shape index (κ1) is 25.5. The fourth-order valence-electron chi connectivity index (χ4n) is 3.90. The van der Waals surface area contributed by atoms with Crippen LogP contribution in [0.15, 0.2) is 72.8 Å². The van der Waals surface area contributed by atoms with E-state index in [1.54, 1.807) is 4.90 Å². The number of amides is 2. The molecular weight excluding hydrogens is 444 g/mol. The van der Waals surface area contributed by atoms with E-state index < -0.39 is 6.04 Å². The molecule has 0 aliphatic carbocycles. The summed E-state index contributed by atoms with van der Waals surface area (Å²) in [5, 5.41) is 3.65. The van der Waals surface area contributed by atoms with Crippen LogP contribution in [0.3, 0.4) is 0 Å². The molecule has 0 saturated heterocycles. The molecule has 0 fully saturated rings. The third-order valence-corrected chi connectivity index (χ3v) is 6.27. The molecular formula is C29H33ClN2O2. The van der Waals surface area contributed by atoms with Crippen molar-refractivity contribution in [3.05, 3.63) is 106 Å². The topological polar surface area (TPSA) is 49.4 Å². The molecule has 3 aromatic carbocycles. The first-order valence-corrected chi connectivity index (χ1v) is 12.2. The van der Waals surface area contributed by atoms with Gasteiger partial charge < -0.3 is 10.2 Å². The zero-order valence-electron chi connectivity index (χ0n) is 20.2. The van der Waals surface area contributed by atoms with Crippen LogP contribution >= 0.6 is 11.6 Å². The summed E-state index contributed by atoms with van der Waals surface area (Å²) in [5.74, 6) is -0.209. The number of halogens is 1. The summed E-state index contributed by atoms with van der Waals surface area (Å²) in [6.45, 7) is 7.03. The molecule has 3 aromatic rings. The maximum absolute atomic E-state index is 13.7. The number of aryl methyl sites for hydroxylation is 2. The highest BCUT2D eigenvalue weighted by Crippen LogP contribution is 2.19. The van der Waals surface area contributed by atoms with Crippen molar-refractivity contribution in [2.45, 2.75) is 52.6 Å². The van der Waals surface area contributed by atoms with Gasteiger partial charge in [0.2, 0.25) is 11.8 Å². The molecule has 0 aliphatic heterocycles. The largest absolute Gasteiger partial charge is 0.354 e. The Kier molecular flexibility index (Phi) is 9.29. The molecule has 34 heavy (non-hydrogen) atoms. The minimum absolute atomic E-state index is 0.0780. The Labute approximate surface area is 207 Å². The van der Waals surface area contributed by atoms with Crippen LogP contribution in [0.25, 0.3) is 0 Å². The van der Waals surface area contributed by atoms with Crippen LogP contribution in [0.5, 0.6) is 0 Å². The maximum atomic E-state index is 13.7. The van der Waals surface area contributed by atoms with Crippen LogP contribution in [0, 0.1) is 13.8 Å². The van der Waals surface area contributed by atoms with Crippen LogP contribution in [0.2, 0.25) is 5.02 Å². The van der Waals surface area contributed by atoms with Crippen molar-refractivity contribution in [2.24, 2.45) is 0 Å². The predicted octanol–water partition coefficient (Wildman–Crippen LogP) is 5.67. The number of carbonyl (C=O) groups excluding carboxylic acids is 2. The molecule has 0 heterocycles. The highest BCUT2D eigenvalue weighted by Gasteiger charge is 2.30. The van der Waals surface area contributed by atoms with Crippen molar-refractivity contribution in [1.29, 1.82) is 0 Å². The zero-order valence-corrected chi connectivity index (χ0v) is 20.9. The Bertz CT molecular complexity index is 1100. The summed E-state index contributed by atoms with van der Waals surface area (Å²) >= 11 is 6.08. The van der Waals surface area contributed by atoms with Gasteiger partial charge in [0.05, 0.1) is 6.42 Å². The van der Waals surface area contributed by atoms with Crippen molar-refractivity contribution in [1.82, 2.24) is 10.2 Å². The highest BCUT2D eigenvalue weighted by atomic mass is 35.5. The average molecular weight is 477 g/mol. The standard InChI is InChI=1S/C29H33ClN2O2/c1-4-16-31-29(34)27(18-23-8-6-5-7-9-23)32(20-24-12-14-26(30)15-13-24)28(33)19-25-11-10-21(2)22(3)17-25/h5-15,17,27H,4,16,18-20H2,1-3H3,(H,31,34). The number of nitrogens with zero attached hydrogens (tertiary/aromatic N) is 1. The molecule has 4 nitrogen and oxygen atoms in total. The highest BCUT2D eigenvalue weighted by molar-refractivity contribution is 6.30. The Hall–Kier alpha value is -3.11. The molecule has 0 saturated carbocycles. The lowest BCUT2D eigenvalue weighted by Gasteiger charge is -2.32. The van der Waals surface area contributed by atoms with E-state index in [4.69, 9.17) is 11.6 Å². The normalized spacial score (nSPS) is 11.6. The van der Waals surface area contributed by atoms with E-state index in [9.17, 15) is 9.59 Å².